The lowest BCUT2D eigenvalue weighted by molar-refractivity contribution is -0.000361. The molecule has 0 N–H and O–H groups in total. The summed E-state index contributed by atoms with van der Waals surface area (Å²) in [6.07, 6.45) is 14.1. The van der Waals surface area contributed by atoms with Gasteiger partial charge in [-0.2, -0.15) is 0 Å². The molecule has 2 saturated carbocycles. The molecule has 2 aliphatic carbocycles. The van der Waals surface area contributed by atoms with Crippen molar-refractivity contribution >= 4 is 0 Å². The zero-order valence-corrected chi connectivity index (χ0v) is 15.6. The second-order valence-corrected chi connectivity index (χ2v) is 8.84. The van der Waals surface area contributed by atoms with Gasteiger partial charge in [-0.25, -0.2) is 0 Å². The lowest BCUT2D eigenvalue weighted by atomic mass is 9.72. The highest BCUT2D eigenvalue weighted by Gasteiger charge is 2.29. The quantitative estimate of drug-likeness (QED) is 0.620. The van der Waals surface area contributed by atoms with Crippen molar-refractivity contribution in [2.45, 2.75) is 97.1 Å². The van der Waals surface area contributed by atoms with Crippen LogP contribution in [0.2, 0.25) is 0 Å². The van der Waals surface area contributed by atoms with E-state index in [1.165, 1.54) is 70.8 Å². The van der Waals surface area contributed by atoms with Gasteiger partial charge in [0.15, 0.2) is 0 Å². The highest BCUT2D eigenvalue weighted by molar-refractivity contribution is 4.81. The van der Waals surface area contributed by atoms with Crippen LogP contribution in [0, 0.1) is 11.3 Å². The summed E-state index contributed by atoms with van der Waals surface area (Å²) in [5, 5.41) is 0. The molecule has 0 aliphatic heterocycles. The molecule has 0 saturated heterocycles. The molecule has 0 aromatic carbocycles. The molecule has 22 heavy (non-hydrogen) atoms. The van der Waals surface area contributed by atoms with E-state index in [1.54, 1.807) is 0 Å². The summed E-state index contributed by atoms with van der Waals surface area (Å²) in [7, 11) is 2.31. The van der Waals surface area contributed by atoms with Crippen molar-refractivity contribution in [2.75, 3.05) is 20.2 Å². The Morgan fingerprint density at radius 2 is 1.55 bits per heavy atom. The van der Waals surface area contributed by atoms with E-state index in [0.29, 0.717) is 11.5 Å². The minimum Gasteiger partial charge on any atom is -0.378 e. The Morgan fingerprint density at radius 3 is 2.14 bits per heavy atom. The number of ether oxygens (including phenoxy) is 1. The van der Waals surface area contributed by atoms with Crippen molar-refractivity contribution in [1.82, 2.24) is 4.90 Å². The van der Waals surface area contributed by atoms with Gasteiger partial charge in [0, 0.05) is 19.2 Å². The van der Waals surface area contributed by atoms with E-state index in [2.05, 4.69) is 32.7 Å². The Hall–Kier alpha value is -0.0800. The van der Waals surface area contributed by atoms with Gasteiger partial charge >= 0.3 is 0 Å². The van der Waals surface area contributed by atoms with Crippen LogP contribution < -0.4 is 0 Å². The molecule has 0 bridgehead atoms. The van der Waals surface area contributed by atoms with Crippen LogP contribution in [0.1, 0.15) is 85.0 Å². The summed E-state index contributed by atoms with van der Waals surface area (Å²) in [4.78, 5) is 2.58. The molecule has 130 valence electrons. The summed E-state index contributed by atoms with van der Waals surface area (Å²) in [6, 6.07) is 0.843. The first-order valence-corrected chi connectivity index (χ1v) is 9.78. The van der Waals surface area contributed by atoms with Gasteiger partial charge in [0.25, 0.3) is 0 Å². The Labute approximate surface area is 139 Å². The largest absolute Gasteiger partial charge is 0.378 e. The maximum Gasteiger partial charge on any atom is 0.0575 e. The zero-order chi connectivity index (χ0) is 16.0. The maximum atomic E-state index is 6.16. The molecule has 0 radical (unpaired) electrons. The standard InChI is InChI=1S/C20H39NO/c1-20(2,3)17-11-13-19(14-12-17)22-16-8-15-21(4)18-9-6-5-7-10-18/h17-19H,5-16H2,1-4H3. The van der Waals surface area contributed by atoms with Crippen molar-refractivity contribution in [3.05, 3.63) is 0 Å². The fourth-order valence-electron chi connectivity index (χ4n) is 4.36. The first kappa shape index (κ1) is 18.3. The molecule has 2 nitrogen and oxygen atoms in total. The molecule has 2 aliphatic rings. The molecular weight excluding hydrogens is 270 g/mol. The second kappa shape index (κ2) is 8.68. The van der Waals surface area contributed by atoms with Crippen LogP contribution >= 0.6 is 0 Å². The predicted octanol–water partition coefficient (Wildman–Crippen LogP) is 5.26. The van der Waals surface area contributed by atoms with Crippen LogP contribution in [0.25, 0.3) is 0 Å². The summed E-state index contributed by atoms with van der Waals surface area (Å²) in [6.45, 7) is 9.34. The number of nitrogens with zero attached hydrogens (tertiary/aromatic N) is 1. The first-order valence-electron chi connectivity index (χ1n) is 9.78. The number of hydrogen-bond donors (Lipinski definition) is 0. The number of rotatable bonds is 6. The average Bonchev–Trinajstić information content (AvgIpc) is 2.52. The van der Waals surface area contributed by atoms with Crippen LogP contribution in [-0.4, -0.2) is 37.2 Å². The van der Waals surface area contributed by atoms with Gasteiger partial charge in [0.05, 0.1) is 6.10 Å². The van der Waals surface area contributed by atoms with Crippen molar-refractivity contribution in [2.24, 2.45) is 11.3 Å². The molecule has 0 aromatic rings. The van der Waals surface area contributed by atoms with Gasteiger partial charge in [-0.1, -0.05) is 40.0 Å². The molecule has 0 spiro atoms. The summed E-state index contributed by atoms with van der Waals surface area (Å²) < 4.78 is 6.16. The highest BCUT2D eigenvalue weighted by Crippen LogP contribution is 2.38. The van der Waals surface area contributed by atoms with E-state index in [0.717, 1.165) is 18.6 Å². The van der Waals surface area contributed by atoms with E-state index in [1.807, 2.05) is 0 Å². The summed E-state index contributed by atoms with van der Waals surface area (Å²) in [5.41, 5.74) is 0.480. The fraction of sp³-hybridized carbons (Fsp3) is 1.00. The van der Waals surface area contributed by atoms with Gasteiger partial charge in [0.1, 0.15) is 0 Å². The highest BCUT2D eigenvalue weighted by atomic mass is 16.5. The monoisotopic (exact) mass is 309 g/mol. The van der Waals surface area contributed by atoms with Gasteiger partial charge < -0.3 is 9.64 Å². The van der Waals surface area contributed by atoms with Crippen molar-refractivity contribution < 1.29 is 4.74 Å². The van der Waals surface area contributed by atoms with E-state index in [4.69, 9.17) is 4.74 Å². The molecule has 0 atom stereocenters. The molecule has 2 heteroatoms. The van der Waals surface area contributed by atoms with Crippen molar-refractivity contribution in [3.63, 3.8) is 0 Å². The Bertz CT molecular complexity index is 295. The minimum absolute atomic E-state index is 0.480. The van der Waals surface area contributed by atoms with Gasteiger partial charge in [0.2, 0.25) is 0 Å². The van der Waals surface area contributed by atoms with Crippen LogP contribution in [0.5, 0.6) is 0 Å². The van der Waals surface area contributed by atoms with Crippen LogP contribution in [0.4, 0.5) is 0 Å². The van der Waals surface area contributed by atoms with Crippen molar-refractivity contribution in [1.29, 1.82) is 0 Å². The Morgan fingerprint density at radius 1 is 0.909 bits per heavy atom. The summed E-state index contributed by atoms with van der Waals surface area (Å²) in [5.74, 6) is 0.893. The van der Waals surface area contributed by atoms with Gasteiger partial charge in [-0.05, 0) is 63.3 Å². The third-order valence-electron chi connectivity index (χ3n) is 6.11. The lowest BCUT2D eigenvalue weighted by Crippen LogP contribution is -2.35. The molecule has 0 unspecified atom stereocenters. The van der Waals surface area contributed by atoms with Gasteiger partial charge in [-0.3, -0.25) is 0 Å². The van der Waals surface area contributed by atoms with E-state index >= 15 is 0 Å². The minimum atomic E-state index is 0.480. The zero-order valence-electron chi connectivity index (χ0n) is 15.6. The van der Waals surface area contributed by atoms with Gasteiger partial charge in [-0.15, -0.1) is 0 Å². The van der Waals surface area contributed by atoms with E-state index in [-0.39, 0.29) is 0 Å². The summed E-state index contributed by atoms with van der Waals surface area (Å²) >= 11 is 0. The van der Waals surface area contributed by atoms with Crippen LogP contribution in [0.3, 0.4) is 0 Å². The fourth-order valence-corrected chi connectivity index (χ4v) is 4.36. The molecule has 2 rings (SSSR count). The molecular formula is C20H39NO. The van der Waals surface area contributed by atoms with Crippen molar-refractivity contribution in [3.8, 4) is 0 Å². The predicted molar refractivity (Wildman–Crippen MR) is 95.3 cm³/mol. The van der Waals surface area contributed by atoms with Crippen LogP contribution in [0.15, 0.2) is 0 Å². The number of hydrogen-bond acceptors (Lipinski definition) is 2. The smallest absolute Gasteiger partial charge is 0.0575 e. The topological polar surface area (TPSA) is 12.5 Å². The third-order valence-corrected chi connectivity index (χ3v) is 6.11. The average molecular weight is 310 g/mol. The molecule has 0 aromatic heterocycles. The normalized spacial score (nSPS) is 28.2. The lowest BCUT2D eigenvalue weighted by Gasteiger charge is -2.37. The van der Waals surface area contributed by atoms with E-state index < -0.39 is 0 Å². The first-order chi connectivity index (χ1) is 10.5. The Kier molecular flexibility index (Phi) is 7.21. The molecule has 2 fully saturated rings. The molecule has 0 amide bonds. The molecule has 0 heterocycles. The third kappa shape index (κ3) is 5.85. The van der Waals surface area contributed by atoms with Crippen LogP contribution in [-0.2, 0) is 4.74 Å². The van der Waals surface area contributed by atoms with E-state index in [9.17, 15) is 0 Å². The maximum absolute atomic E-state index is 6.16. The Balaban J connectivity index is 1.54. The second-order valence-electron chi connectivity index (χ2n) is 8.84. The SMILES string of the molecule is CN(CCCOC1CCC(C(C)(C)C)CC1)C1CCCCC1.